The molecule has 0 atom stereocenters. The largest absolute Gasteiger partial charge is 0.193 e. The van der Waals surface area contributed by atoms with Crippen molar-refractivity contribution in [2.45, 2.75) is 6.92 Å². The Morgan fingerprint density at radius 3 is 1.71 bits per heavy atom. The van der Waals surface area contributed by atoms with E-state index in [0.717, 1.165) is 0 Å². The fraction of sp³-hybridized carbons (Fsp3) is 0.167. The van der Waals surface area contributed by atoms with Gasteiger partial charge in [-0.1, -0.05) is 6.58 Å². The summed E-state index contributed by atoms with van der Waals surface area (Å²) in [6.07, 6.45) is 0. The van der Waals surface area contributed by atoms with Crippen molar-refractivity contribution in [3.8, 4) is 6.07 Å². The summed E-state index contributed by atoms with van der Waals surface area (Å²) in [5.41, 5.74) is 0.560. The van der Waals surface area contributed by atoms with Gasteiger partial charge in [0.2, 0.25) is 0 Å². The number of allylic oxidation sites excluding steroid dienone is 1. The number of nitrogens with zero attached hydrogens (tertiary/aromatic N) is 1. The number of nitriles is 1. The van der Waals surface area contributed by atoms with Gasteiger partial charge in [0.05, 0.1) is 6.07 Å². The first-order chi connectivity index (χ1) is 3.27. The van der Waals surface area contributed by atoms with Gasteiger partial charge in [-0.3, -0.25) is 0 Å². The van der Waals surface area contributed by atoms with Gasteiger partial charge in [0.1, 0.15) is 0 Å². The molecule has 1 heteroatoms. The van der Waals surface area contributed by atoms with E-state index >= 15 is 0 Å². The van der Waals surface area contributed by atoms with Crippen molar-refractivity contribution in [2.75, 3.05) is 0 Å². The Balaban J connectivity index is 0. The molecule has 0 spiro atoms. The highest BCUT2D eigenvalue weighted by atomic mass is 14.2. The Morgan fingerprint density at radius 1 is 1.57 bits per heavy atom. The molecule has 0 N–H and O–H groups in total. The predicted molar refractivity (Wildman–Crippen MR) is 31.7 cm³/mol. The van der Waals surface area contributed by atoms with Crippen molar-refractivity contribution in [2.24, 2.45) is 0 Å². The molecule has 0 bridgehead atoms. The number of rotatable bonds is 0. The van der Waals surface area contributed by atoms with Crippen molar-refractivity contribution in [1.29, 1.82) is 5.26 Å². The second-order valence-electron chi connectivity index (χ2n) is 0.892. The van der Waals surface area contributed by atoms with E-state index in [-0.39, 0.29) is 0 Å². The lowest BCUT2D eigenvalue weighted by molar-refractivity contribution is 1.46. The van der Waals surface area contributed by atoms with Crippen LogP contribution in [0.3, 0.4) is 0 Å². The summed E-state index contributed by atoms with van der Waals surface area (Å²) in [5, 5.41) is 7.79. The minimum absolute atomic E-state index is 0.560. The van der Waals surface area contributed by atoms with Crippen molar-refractivity contribution >= 4 is 0 Å². The monoisotopic (exact) mass is 95.1 g/mol. The lowest BCUT2D eigenvalue weighted by atomic mass is 10.4. The molecular formula is C6H9N. The molecule has 0 saturated heterocycles. The van der Waals surface area contributed by atoms with E-state index in [1.807, 2.05) is 6.07 Å². The Bertz CT molecular complexity index is 86.8. The van der Waals surface area contributed by atoms with Gasteiger partial charge in [-0.05, 0) is 6.92 Å². The summed E-state index contributed by atoms with van der Waals surface area (Å²) in [5.74, 6) is 0. The van der Waals surface area contributed by atoms with Crippen LogP contribution >= 0.6 is 0 Å². The molecule has 0 radical (unpaired) electrons. The van der Waals surface area contributed by atoms with Crippen LogP contribution in [0.2, 0.25) is 0 Å². The summed E-state index contributed by atoms with van der Waals surface area (Å²) in [6, 6.07) is 1.83. The normalized spacial score (nSPS) is 4.57. The average molecular weight is 95.1 g/mol. The first-order valence-electron chi connectivity index (χ1n) is 1.83. The highest BCUT2D eigenvalue weighted by molar-refractivity contribution is 5.11. The Hall–Kier alpha value is -1.03. The predicted octanol–water partition coefficient (Wildman–Crippen LogP) is 1.89. The van der Waals surface area contributed by atoms with Gasteiger partial charge in [0.15, 0.2) is 0 Å². The molecule has 0 aromatic heterocycles. The van der Waals surface area contributed by atoms with Crippen molar-refractivity contribution in [1.82, 2.24) is 0 Å². The van der Waals surface area contributed by atoms with Crippen LogP contribution in [-0.2, 0) is 0 Å². The SMILES string of the molecule is C=C.C=C(C)C#N. The second-order valence-corrected chi connectivity index (χ2v) is 0.892. The third-order valence-corrected chi connectivity index (χ3v) is 0.191. The number of hydrogen-bond donors (Lipinski definition) is 0. The first kappa shape index (κ1) is 9.36. The zero-order chi connectivity index (χ0) is 6.28. The highest BCUT2D eigenvalue weighted by Crippen LogP contribution is 1.74. The molecule has 7 heavy (non-hydrogen) atoms. The quantitative estimate of drug-likeness (QED) is 0.333. The minimum Gasteiger partial charge on any atom is -0.193 e. The van der Waals surface area contributed by atoms with E-state index in [1.54, 1.807) is 6.92 Å². The maximum atomic E-state index is 7.79. The summed E-state index contributed by atoms with van der Waals surface area (Å²) >= 11 is 0. The molecule has 0 saturated carbocycles. The van der Waals surface area contributed by atoms with Gasteiger partial charge in [0, 0.05) is 5.57 Å². The summed E-state index contributed by atoms with van der Waals surface area (Å²) in [6.45, 7) is 11.0. The summed E-state index contributed by atoms with van der Waals surface area (Å²) < 4.78 is 0. The smallest absolute Gasteiger partial charge is 0.0937 e. The van der Waals surface area contributed by atoms with Gasteiger partial charge >= 0.3 is 0 Å². The fourth-order valence-corrected chi connectivity index (χ4v) is 0. The van der Waals surface area contributed by atoms with Crippen molar-refractivity contribution < 1.29 is 0 Å². The summed E-state index contributed by atoms with van der Waals surface area (Å²) in [4.78, 5) is 0. The lowest BCUT2D eigenvalue weighted by Crippen LogP contribution is -1.51. The van der Waals surface area contributed by atoms with Crippen molar-refractivity contribution in [3.05, 3.63) is 25.3 Å². The van der Waals surface area contributed by atoms with Gasteiger partial charge < -0.3 is 0 Å². The Morgan fingerprint density at radius 2 is 1.71 bits per heavy atom. The van der Waals surface area contributed by atoms with Crippen LogP contribution in [0.5, 0.6) is 0 Å². The standard InChI is InChI=1S/C4H5N.C2H4/c1-4(2)3-5;1-2/h1H2,2H3;1-2H2. The van der Waals surface area contributed by atoms with E-state index in [0.29, 0.717) is 5.57 Å². The molecule has 0 fully saturated rings. The minimum atomic E-state index is 0.560. The van der Waals surface area contributed by atoms with Crippen LogP contribution in [0.25, 0.3) is 0 Å². The van der Waals surface area contributed by atoms with Crippen LogP contribution in [0.1, 0.15) is 6.92 Å². The first-order valence-corrected chi connectivity index (χ1v) is 1.83. The van der Waals surface area contributed by atoms with Crippen LogP contribution in [0.15, 0.2) is 25.3 Å². The third kappa shape index (κ3) is 46.6. The summed E-state index contributed by atoms with van der Waals surface area (Å²) in [7, 11) is 0. The van der Waals surface area contributed by atoms with E-state index in [4.69, 9.17) is 5.26 Å². The van der Waals surface area contributed by atoms with Crippen molar-refractivity contribution in [3.63, 3.8) is 0 Å². The van der Waals surface area contributed by atoms with Crippen LogP contribution in [-0.4, -0.2) is 0 Å². The topological polar surface area (TPSA) is 23.8 Å². The molecule has 1 nitrogen and oxygen atoms in total. The third-order valence-electron chi connectivity index (χ3n) is 0.191. The molecular weight excluding hydrogens is 86.1 g/mol. The Labute approximate surface area is 44.6 Å². The van der Waals surface area contributed by atoms with E-state index in [9.17, 15) is 0 Å². The van der Waals surface area contributed by atoms with E-state index in [2.05, 4.69) is 19.7 Å². The maximum absolute atomic E-state index is 7.79. The van der Waals surface area contributed by atoms with Gasteiger partial charge in [-0.2, -0.15) is 5.26 Å². The van der Waals surface area contributed by atoms with Gasteiger partial charge in [0.25, 0.3) is 0 Å². The van der Waals surface area contributed by atoms with Crippen LogP contribution in [0, 0.1) is 11.3 Å². The molecule has 0 aromatic rings. The molecule has 38 valence electrons. The van der Waals surface area contributed by atoms with Gasteiger partial charge in [-0.15, -0.1) is 13.2 Å². The molecule has 0 aliphatic carbocycles. The molecule has 0 unspecified atom stereocenters. The Kier molecular flexibility index (Phi) is 11.9. The molecule has 0 aliphatic heterocycles. The molecule has 0 heterocycles. The fourth-order valence-electron chi connectivity index (χ4n) is 0. The number of hydrogen-bond acceptors (Lipinski definition) is 1. The zero-order valence-corrected chi connectivity index (χ0v) is 4.57. The van der Waals surface area contributed by atoms with Crippen LogP contribution < -0.4 is 0 Å². The van der Waals surface area contributed by atoms with E-state index in [1.165, 1.54) is 0 Å². The molecule has 0 rings (SSSR count). The molecule has 0 amide bonds. The van der Waals surface area contributed by atoms with Crippen LogP contribution in [0.4, 0.5) is 0 Å². The molecule has 0 aliphatic rings. The van der Waals surface area contributed by atoms with Gasteiger partial charge in [-0.25, -0.2) is 0 Å². The zero-order valence-electron chi connectivity index (χ0n) is 4.57. The molecule has 0 aromatic carbocycles. The maximum Gasteiger partial charge on any atom is 0.0937 e. The lowest BCUT2D eigenvalue weighted by Gasteiger charge is -1.61. The second kappa shape index (κ2) is 8.88. The average Bonchev–Trinajstić information content (AvgIpc) is 1.73. The van der Waals surface area contributed by atoms with E-state index < -0.39 is 0 Å². The highest BCUT2D eigenvalue weighted by Gasteiger charge is 1.64.